The first-order chi connectivity index (χ1) is 10.4. The van der Waals surface area contributed by atoms with Crippen molar-refractivity contribution < 1.29 is 33.9 Å². The third-order valence-corrected chi connectivity index (χ3v) is 3.79. The van der Waals surface area contributed by atoms with Crippen molar-refractivity contribution in [2.45, 2.75) is 83.3 Å². The van der Waals surface area contributed by atoms with Crippen LogP contribution < -0.4 is 0 Å². The second-order valence-electron chi connectivity index (χ2n) is 6.21. The Kier molecular flexibility index (Phi) is 6.18. The van der Waals surface area contributed by atoms with Crippen molar-refractivity contribution in [3.8, 4) is 0 Å². The molecule has 0 saturated carbocycles. The highest BCUT2D eigenvalue weighted by Crippen LogP contribution is 2.40. The highest BCUT2D eigenvalue weighted by atomic mass is 16.8. The number of hydrogen-bond donors (Lipinski definition) is 2. The summed E-state index contributed by atoms with van der Waals surface area (Å²) in [5.41, 5.74) is 0. The number of aliphatic hydroxyl groups is 2. The Hall–Kier alpha value is -0.280. The van der Waals surface area contributed by atoms with Crippen molar-refractivity contribution in [3.05, 3.63) is 0 Å². The standard InChI is InChI=1S/C15H28O7/c1-5-6-7-18-9(2)19-12-11(10(17)8-16)20-14-13(12)21-15(3,4)22-14/h9-14,16-17H,5-8H2,1-4H3/t9?,10?,11-,12+,13-,14-/m1/s1. The number of rotatable bonds is 8. The maximum Gasteiger partial charge on any atom is 0.190 e. The third kappa shape index (κ3) is 4.17. The van der Waals surface area contributed by atoms with E-state index >= 15 is 0 Å². The minimum Gasteiger partial charge on any atom is -0.394 e. The van der Waals surface area contributed by atoms with Crippen molar-refractivity contribution in [2.24, 2.45) is 0 Å². The Bertz CT molecular complexity index is 349. The first-order valence-electron chi connectivity index (χ1n) is 7.95. The van der Waals surface area contributed by atoms with Crippen LogP contribution in [0.25, 0.3) is 0 Å². The fourth-order valence-electron chi connectivity index (χ4n) is 2.73. The molecule has 0 spiro atoms. The molecule has 7 heteroatoms. The molecule has 6 atom stereocenters. The Labute approximate surface area is 131 Å². The maximum absolute atomic E-state index is 9.93. The summed E-state index contributed by atoms with van der Waals surface area (Å²) in [7, 11) is 0. The molecule has 0 aromatic heterocycles. The van der Waals surface area contributed by atoms with Crippen molar-refractivity contribution in [2.75, 3.05) is 13.2 Å². The molecule has 2 aliphatic heterocycles. The summed E-state index contributed by atoms with van der Waals surface area (Å²) >= 11 is 0. The summed E-state index contributed by atoms with van der Waals surface area (Å²) in [5.74, 6) is -0.765. The average Bonchev–Trinajstić information content (AvgIpc) is 2.92. The van der Waals surface area contributed by atoms with E-state index in [-0.39, 0.29) is 0 Å². The van der Waals surface area contributed by atoms with Gasteiger partial charge in [0.25, 0.3) is 0 Å². The smallest absolute Gasteiger partial charge is 0.190 e. The van der Waals surface area contributed by atoms with E-state index in [9.17, 15) is 10.2 Å². The van der Waals surface area contributed by atoms with E-state index in [0.29, 0.717) is 6.61 Å². The van der Waals surface area contributed by atoms with Gasteiger partial charge in [-0.25, -0.2) is 0 Å². The molecule has 2 fully saturated rings. The quantitative estimate of drug-likeness (QED) is 0.504. The average molecular weight is 320 g/mol. The molecule has 0 aromatic carbocycles. The molecule has 0 aliphatic carbocycles. The van der Waals surface area contributed by atoms with Crippen LogP contribution in [0.2, 0.25) is 0 Å². The molecule has 0 bridgehead atoms. The summed E-state index contributed by atoms with van der Waals surface area (Å²) in [5, 5.41) is 19.1. The van der Waals surface area contributed by atoms with Crippen LogP contribution in [-0.2, 0) is 23.7 Å². The monoisotopic (exact) mass is 320 g/mol. The van der Waals surface area contributed by atoms with Crippen LogP contribution in [-0.4, -0.2) is 66.2 Å². The largest absolute Gasteiger partial charge is 0.394 e. The lowest BCUT2D eigenvalue weighted by molar-refractivity contribution is -0.250. The van der Waals surface area contributed by atoms with Crippen LogP contribution in [0.3, 0.4) is 0 Å². The predicted octanol–water partition coefficient (Wildman–Crippen LogP) is 0.764. The topological polar surface area (TPSA) is 86.6 Å². The Morgan fingerprint density at radius 2 is 2.00 bits per heavy atom. The van der Waals surface area contributed by atoms with Crippen molar-refractivity contribution in [3.63, 3.8) is 0 Å². The molecule has 2 N–H and O–H groups in total. The molecule has 0 amide bonds. The Morgan fingerprint density at radius 3 is 2.64 bits per heavy atom. The zero-order valence-corrected chi connectivity index (χ0v) is 13.7. The van der Waals surface area contributed by atoms with Gasteiger partial charge in [-0.05, 0) is 27.2 Å². The molecule has 130 valence electrons. The van der Waals surface area contributed by atoms with Gasteiger partial charge < -0.3 is 33.9 Å². The second kappa shape index (κ2) is 7.53. The predicted molar refractivity (Wildman–Crippen MR) is 77.0 cm³/mol. The molecular weight excluding hydrogens is 292 g/mol. The third-order valence-electron chi connectivity index (χ3n) is 3.79. The maximum atomic E-state index is 9.93. The SMILES string of the molecule is CCCCOC(C)O[C@@H]1[C@H]2OC(C)(C)O[C@H]2O[C@@H]1C(O)CO. The molecule has 2 aliphatic rings. The molecule has 22 heavy (non-hydrogen) atoms. The first kappa shape index (κ1) is 18.1. The van der Waals surface area contributed by atoms with Crippen LogP contribution >= 0.6 is 0 Å². The van der Waals surface area contributed by atoms with Crippen molar-refractivity contribution in [1.82, 2.24) is 0 Å². The van der Waals surface area contributed by atoms with Gasteiger partial charge in [-0.1, -0.05) is 13.3 Å². The Balaban J connectivity index is 1.99. The summed E-state index contributed by atoms with van der Waals surface area (Å²) in [6, 6.07) is 0. The number of ether oxygens (including phenoxy) is 5. The van der Waals surface area contributed by atoms with Crippen LogP contribution in [0.15, 0.2) is 0 Å². The minimum absolute atomic E-state index is 0.418. The van der Waals surface area contributed by atoms with Gasteiger partial charge in [-0.2, -0.15) is 0 Å². The van der Waals surface area contributed by atoms with E-state index in [1.807, 2.05) is 0 Å². The van der Waals surface area contributed by atoms with E-state index in [2.05, 4.69) is 6.92 Å². The zero-order valence-electron chi connectivity index (χ0n) is 13.7. The number of aliphatic hydroxyl groups excluding tert-OH is 2. The molecule has 2 heterocycles. The molecular formula is C15H28O7. The Morgan fingerprint density at radius 1 is 1.27 bits per heavy atom. The lowest BCUT2D eigenvalue weighted by Gasteiger charge is -2.29. The van der Waals surface area contributed by atoms with Gasteiger partial charge in [0, 0.05) is 6.61 Å². The number of fused-ring (bicyclic) bond motifs is 1. The van der Waals surface area contributed by atoms with Crippen LogP contribution in [0.5, 0.6) is 0 Å². The fourth-order valence-corrected chi connectivity index (χ4v) is 2.73. The molecule has 7 nitrogen and oxygen atoms in total. The van der Waals surface area contributed by atoms with E-state index in [1.165, 1.54) is 0 Å². The fraction of sp³-hybridized carbons (Fsp3) is 1.00. The van der Waals surface area contributed by atoms with E-state index in [1.54, 1.807) is 20.8 Å². The van der Waals surface area contributed by atoms with Crippen LogP contribution in [0, 0.1) is 0 Å². The lowest BCUT2D eigenvalue weighted by atomic mass is 10.1. The molecule has 2 rings (SSSR count). The highest BCUT2D eigenvalue weighted by molar-refractivity contribution is 4.96. The van der Waals surface area contributed by atoms with E-state index in [0.717, 1.165) is 12.8 Å². The lowest BCUT2D eigenvalue weighted by Crippen LogP contribution is -2.45. The second-order valence-corrected chi connectivity index (χ2v) is 6.21. The first-order valence-corrected chi connectivity index (χ1v) is 7.95. The normalized spacial score (nSPS) is 36.3. The zero-order chi connectivity index (χ0) is 16.3. The highest BCUT2D eigenvalue weighted by Gasteiger charge is 2.57. The minimum atomic E-state index is -1.06. The summed E-state index contributed by atoms with van der Waals surface area (Å²) in [4.78, 5) is 0. The summed E-state index contributed by atoms with van der Waals surface area (Å²) in [6.45, 7) is 7.67. The van der Waals surface area contributed by atoms with Gasteiger partial charge in [0.1, 0.15) is 24.4 Å². The van der Waals surface area contributed by atoms with Gasteiger partial charge in [0.15, 0.2) is 18.4 Å². The number of hydrogen-bond acceptors (Lipinski definition) is 7. The van der Waals surface area contributed by atoms with Crippen molar-refractivity contribution >= 4 is 0 Å². The van der Waals surface area contributed by atoms with Gasteiger partial charge in [-0.3, -0.25) is 0 Å². The van der Waals surface area contributed by atoms with Gasteiger partial charge in [0.2, 0.25) is 0 Å². The van der Waals surface area contributed by atoms with Gasteiger partial charge in [0.05, 0.1) is 6.61 Å². The van der Waals surface area contributed by atoms with Crippen LogP contribution in [0.4, 0.5) is 0 Å². The molecule has 2 saturated heterocycles. The van der Waals surface area contributed by atoms with Crippen molar-refractivity contribution in [1.29, 1.82) is 0 Å². The molecule has 0 radical (unpaired) electrons. The van der Waals surface area contributed by atoms with Gasteiger partial charge in [-0.15, -0.1) is 0 Å². The summed E-state index contributed by atoms with van der Waals surface area (Å²) < 4.78 is 28.6. The number of unbranched alkanes of at least 4 members (excludes halogenated alkanes) is 1. The van der Waals surface area contributed by atoms with E-state index in [4.69, 9.17) is 23.7 Å². The summed E-state index contributed by atoms with van der Waals surface area (Å²) in [6.07, 6.45) is -1.88. The van der Waals surface area contributed by atoms with Crippen LogP contribution in [0.1, 0.15) is 40.5 Å². The van der Waals surface area contributed by atoms with Gasteiger partial charge >= 0.3 is 0 Å². The molecule has 0 aromatic rings. The molecule has 2 unspecified atom stereocenters. The van der Waals surface area contributed by atoms with E-state index < -0.39 is 49.4 Å².